The minimum Gasteiger partial charge on any atom is -0.481 e. The van der Waals surface area contributed by atoms with Crippen molar-refractivity contribution in [1.82, 2.24) is 4.90 Å². The molecule has 0 spiro atoms. The summed E-state index contributed by atoms with van der Waals surface area (Å²) in [6.45, 7) is 2.45. The van der Waals surface area contributed by atoms with Gasteiger partial charge in [-0.15, -0.1) is 0 Å². The zero-order chi connectivity index (χ0) is 14.7. The fraction of sp³-hybridized carbons (Fsp3) is 0.467. The van der Waals surface area contributed by atoms with Crippen molar-refractivity contribution in [1.29, 1.82) is 0 Å². The molecule has 20 heavy (non-hydrogen) atoms. The predicted molar refractivity (Wildman–Crippen MR) is 76.7 cm³/mol. The highest BCUT2D eigenvalue weighted by Crippen LogP contribution is 2.24. The molecule has 1 heterocycles. The largest absolute Gasteiger partial charge is 0.481 e. The summed E-state index contributed by atoms with van der Waals surface area (Å²) < 4.78 is 0. The molecule has 1 fully saturated rings. The van der Waals surface area contributed by atoms with Crippen LogP contribution >= 0.6 is 11.6 Å². The lowest BCUT2D eigenvalue weighted by molar-refractivity contribution is -0.148. The molecule has 0 bridgehead atoms. The Labute approximate surface area is 123 Å². The average molecular weight is 296 g/mol. The van der Waals surface area contributed by atoms with Crippen molar-refractivity contribution in [3.05, 3.63) is 34.9 Å². The number of nitrogens with zero attached hydrogens (tertiary/aromatic N) is 1. The fourth-order valence-electron chi connectivity index (χ4n) is 2.70. The van der Waals surface area contributed by atoms with Gasteiger partial charge >= 0.3 is 5.97 Å². The van der Waals surface area contributed by atoms with Crippen LogP contribution in [0, 0.1) is 5.92 Å². The Hall–Kier alpha value is -1.55. The normalized spacial score (nSPS) is 22.6. The zero-order valence-electron chi connectivity index (χ0n) is 11.4. The number of carbonyl (C=O) groups excluding carboxylic acids is 1. The van der Waals surface area contributed by atoms with Crippen LogP contribution in [-0.2, 0) is 16.0 Å². The number of rotatable bonds is 3. The van der Waals surface area contributed by atoms with E-state index in [1.165, 1.54) is 0 Å². The number of carboxylic acids is 1. The highest BCUT2D eigenvalue weighted by molar-refractivity contribution is 6.30. The van der Waals surface area contributed by atoms with Gasteiger partial charge in [0.15, 0.2) is 0 Å². The van der Waals surface area contributed by atoms with Gasteiger partial charge < -0.3 is 10.0 Å². The van der Waals surface area contributed by atoms with Gasteiger partial charge in [0.1, 0.15) is 0 Å². The lowest BCUT2D eigenvalue weighted by atomic mass is 9.90. The Morgan fingerprint density at radius 2 is 2.00 bits per heavy atom. The molecule has 108 valence electrons. The number of aliphatic carboxylic acids is 1. The minimum atomic E-state index is -0.818. The second-order valence-corrected chi connectivity index (χ2v) is 5.65. The first-order valence-electron chi connectivity index (χ1n) is 6.75. The van der Waals surface area contributed by atoms with E-state index in [1.807, 2.05) is 19.1 Å². The number of halogens is 1. The molecule has 1 aromatic rings. The van der Waals surface area contributed by atoms with Crippen LogP contribution in [0.3, 0.4) is 0 Å². The first-order valence-corrected chi connectivity index (χ1v) is 7.13. The van der Waals surface area contributed by atoms with Crippen molar-refractivity contribution < 1.29 is 14.7 Å². The first-order chi connectivity index (χ1) is 9.49. The maximum absolute atomic E-state index is 12.3. The topological polar surface area (TPSA) is 57.6 Å². The fourth-order valence-corrected chi connectivity index (χ4v) is 2.83. The van der Waals surface area contributed by atoms with Gasteiger partial charge in [-0.05, 0) is 37.5 Å². The molecule has 0 radical (unpaired) electrons. The summed E-state index contributed by atoms with van der Waals surface area (Å²) in [5.74, 6) is -1.30. The number of amides is 1. The number of benzene rings is 1. The van der Waals surface area contributed by atoms with Gasteiger partial charge in [0.25, 0.3) is 0 Å². The van der Waals surface area contributed by atoms with Gasteiger partial charge in [-0.3, -0.25) is 9.59 Å². The van der Waals surface area contributed by atoms with Crippen LogP contribution < -0.4 is 0 Å². The van der Waals surface area contributed by atoms with Crippen LogP contribution in [0.5, 0.6) is 0 Å². The summed E-state index contributed by atoms with van der Waals surface area (Å²) in [6.07, 6.45) is 1.67. The highest BCUT2D eigenvalue weighted by Gasteiger charge is 2.35. The Bertz CT molecular complexity index is 500. The molecule has 5 heteroatoms. The smallest absolute Gasteiger partial charge is 0.308 e. The van der Waals surface area contributed by atoms with Crippen molar-refractivity contribution >= 4 is 23.5 Å². The van der Waals surface area contributed by atoms with Crippen molar-refractivity contribution in [2.75, 3.05) is 6.54 Å². The van der Waals surface area contributed by atoms with Crippen molar-refractivity contribution in [2.24, 2.45) is 5.92 Å². The lowest BCUT2D eigenvalue weighted by Gasteiger charge is -2.37. The van der Waals surface area contributed by atoms with Crippen LogP contribution in [0.4, 0.5) is 0 Å². The highest BCUT2D eigenvalue weighted by atomic mass is 35.5. The molecule has 1 amide bonds. The van der Waals surface area contributed by atoms with E-state index in [0.29, 0.717) is 18.0 Å². The predicted octanol–water partition coefficient (Wildman–Crippen LogP) is 2.59. The van der Waals surface area contributed by atoms with Gasteiger partial charge in [-0.25, -0.2) is 0 Å². The van der Waals surface area contributed by atoms with Crippen molar-refractivity contribution in [3.63, 3.8) is 0 Å². The maximum Gasteiger partial charge on any atom is 0.308 e. The van der Waals surface area contributed by atoms with Gasteiger partial charge in [-0.2, -0.15) is 0 Å². The minimum absolute atomic E-state index is 0.0224. The molecule has 2 atom stereocenters. The molecule has 1 aromatic carbocycles. The molecule has 0 aliphatic carbocycles. The number of piperidine rings is 1. The quantitative estimate of drug-likeness (QED) is 0.932. The summed E-state index contributed by atoms with van der Waals surface area (Å²) in [4.78, 5) is 25.2. The molecule has 2 rings (SSSR count). The Kier molecular flexibility index (Phi) is 4.65. The standard InChI is InChI=1S/C15H18ClNO3/c1-10-13(15(19)20)3-2-8-17(10)14(18)9-11-4-6-12(16)7-5-11/h4-7,10,13H,2-3,8-9H2,1H3,(H,19,20)/t10-,13-/m1/s1. The molecular formula is C15H18ClNO3. The molecular weight excluding hydrogens is 278 g/mol. The maximum atomic E-state index is 12.3. The van der Waals surface area contributed by atoms with Crippen molar-refractivity contribution in [2.45, 2.75) is 32.2 Å². The zero-order valence-corrected chi connectivity index (χ0v) is 12.1. The van der Waals surface area contributed by atoms with Crippen LogP contribution in [0.1, 0.15) is 25.3 Å². The van der Waals surface area contributed by atoms with Crippen LogP contribution in [-0.4, -0.2) is 34.5 Å². The molecule has 0 aromatic heterocycles. The van der Waals surface area contributed by atoms with E-state index in [0.717, 1.165) is 12.0 Å². The van der Waals surface area contributed by atoms with E-state index < -0.39 is 11.9 Å². The van der Waals surface area contributed by atoms with Gasteiger partial charge in [0, 0.05) is 17.6 Å². The van der Waals surface area contributed by atoms with Gasteiger partial charge in [0.2, 0.25) is 5.91 Å². The molecule has 4 nitrogen and oxygen atoms in total. The number of carboxylic acid groups (broad SMARTS) is 1. The number of hydrogen-bond donors (Lipinski definition) is 1. The summed E-state index contributed by atoms with van der Waals surface area (Å²) in [5, 5.41) is 9.81. The Balaban J connectivity index is 2.04. The van der Waals surface area contributed by atoms with E-state index in [-0.39, 0.29) is 18.4 Å². The summed E-state index contributed by atoms with van der Waals surface area (Å²) in [7, 11) is 0. The van der Waals surface area contributed by atoms with Crippen LogP contribution in [0.2, 0.25) is 5.02 Å². The summed E-state index contributed by atoms with van der Waals surface area (Å²) in [5.41, 5.74) is 0.893. The lowest BCUT2D eigenvalue weighted by Crippen LogP contribution is -2.49. The molecule has 1 aliphatic rings. The molecule has 1 saturated heterocycles. The Morgan fingerprint density at radius 1 is 1.35 bits per heavy atom. The SMILES string of the molecule is C[C@@H]1[C@H](C(=O)O)CCCN1C(=O)Cc1ccc(Cl)cc1. The van der Waals surface area contributed by atoms with E-state index in [2.05, 4.69) is 0 Å². The monoisotopic (exact) mass is 295 g/mol. The molecule has 0 unspecified atom stereocenters. The van der Waals surface area contributed by atoms with E-state index >= 15 is 0 Å². The van der Waals surface area contributed by atoms with E-state index in [9.17, 15) is 14.7 Å². The average Bonchev–Trinajstić information content (AvgIpc) is 2.41. The van der Waals surface area contributed by atoms with E-state index in [1.54, 1.807) is 17.0 Å². The Morgan fingerprint density at radius 3 is 2.60 bits per heavy atom. The number of likely N-dealkylation sites (tertiary alicyclic amines) is 1. The summed E-state index contributed by atoms with van der Waals surface area (Å²) >= 11 is 5.81. The third kappa shape index (κ3) is 3.31. The third-order valence-corrected chi connectivity index (χ3v) is 4.15. The second kappa shape index (κ2) is 6.27. The molecule has 1 N–H and O–H groups in total. The van der Waals surface area contributed by atoms with Gasteiger partial charge in [0.05, 0.1) is 12.3 Å². The number of hydrogen-bond acceptors (Lipinski definition) is 2. The van der Waals surface area contributed by atoms with Crippen molar-refractivity contribution in [3.8, 4) is 0 Å². The van der Waals surface area contributed by atoms with Gasteiger partial charge in [-0.1, -0.05) is 23.7 Å². The van der Waals surface area contributed by atoms with Crippen LogP contribution in [0.25, 0.3) is 0 Å². The second-order valence-electron chi connectivity index (χ2n) is 5.22. The third-order valence-electron chi connectivity index (χ3n) is 3.89. The molecule has 1 aliphatic heterocycles. The summed E-state index contributed by atoms with van der Waals surface area (Å²) in [6, 6.07) is 6.90. The molecule has 0 saturated carbocycles. The number of carbonyl (C=O) groups is 2. The van der Waals surface area contributed by atoms with Crippen LogP contribution in [0.15, 0.2) is 24.3 Å². The first kappa shape index (κ1) is 14.9. The van der Waals surface area contributed by atoms with E-state index in [4.69, 9.17) is 11.6 Å².